The molecule has 0 saturated heterocycles. The van der Waals surface area contributed by atoms with Crippen molar-refractivity contribution in [2.75, 3.05) is 19.0 Å². The third-order valence-electron chi connectivity index (χ3n) is 3.38. The quantitative estimate of drug-likeness (QED) is 0.337. The fourth-order valence-corrected chi connectivity index (χ4v) is 2.06. The first-order chi connectivity index (χ1) is 11.5. The summed E-state index contributed by atoms with van der Waals surface area (Å²) in [5, 5.41) is 2.59. The van der Waals surface area contributed by atoms with Crippen LogP contribution in [0.4, 0.5) is 5.69 Å². The van der Waals surface area contributed by atoms with E-state index in [2.05, 4.69) is 5.32 Å². The number of carbonyl (C=O) groups is 2. The summed E-state index contributed by atoms with van der Waals surface area (Å²) >= 11 is 0. The van der Waals surface area contributed by atoms with Crippen molar-refractivity contribution in [1.29, 1.82) is 0 Å². The van der Waals surface area contributed by atoms with Crippen LogP contribution in [0.3, 0.4) is 0 Å². The molecule has 0 aliphatic heterocycles. The van der Waals surface area contributed by atoms with Crippen molar-refractivity contribution in [2.45, 2.75) is 0 Å². The molecule has 0 spiro atoms. The molecule has 24 heavy (non-hydrogen) atoms. The van der Waals surface area contributed by atoms with Gasteiger partial charge in [0.1, 0.15) is 5.70 Å². The van der Waals surface area contributed by atoms with Crippen LogP contribution in [-0.4, -0.2) is 25.9 Å². The van der Waals surface area contributed by atoms with Crippen LogP contribution >= 0.6 is 0 Å². The van der Waals surface area contributed by atoms with Crippen LogP contribution in [0.5, 0.6) is 0 Å². The van der Waals surface area contributed by atoms with E-state index in [1.807, 2.05) is 54.8 Å². The van der Waals surface area contributed by atoms with Crippen LogP contribution in [0.15, 0.2) is 60.3 Å². The van der Waals surface area contributed by atoms with Crippen LogP contribution in [0.25, 0.3) is 6.08 Å². The van der Waals surface area contributed by atoms with E-state index >= 15 is 0 Å². The van der Waals surface area contributed by atoms with E-state index in [0.29, 0.717) is 5.56 Å². The Labute approximate surface area is 140 Å². The number of hydrogen-bond acceptors (Lipinski definition) is 4. The smallest absolute Gasteiger partial charge is 0.281 e. The van der Waals surface area contributed by atoms with Gasteiger partial charge in [0, 0.05) is 25.3 Å². The number of anilines is 1. The molecule has 124 valence electrons. The second-order valence-corrected chi connectivity index (χ2v) is 5.34. The lowest BCUT2D eigenvalue weighted by Gasteiger charge is -2.12. The number of nitrogens with one attached hydrogen (secondary N) is 2. The van der Waals surface area contributed by atoms with Gasteiger partial charge in [0.2, 0.25) is 0 Å². The van der Waals surface area contributed by atoms with Crippen molar-refractivity contribution in [2.24, 2.45) is 5.84 Å². The Morgan fingerprint density at radius 2 is 1.62 bits per heavy atom. The normalized spacial score (nSPS) is 10.9. The average Bonchev–Trinajstić information content (AvgIpc) is 2.61. The van der Waals surface area contributed by atoms with Gasteiger partial charge in [-0.3, -0.25) is 15.0 Å². The highest BCUT2D eigenvalue weighted by atomic mass is 16.2. The van der Waals surface area contributed by atoms with Crippen LogP contribution in [-0.2, 0) is 4.79 Å². The Kier molecular flexibility index (Phi) is 5.70. The van der Waals surface area contributed by atoms with E-state index < -0.39 is 5.91 Å². The molecule has 2 aromatic rings. The predicted octanol–water partition coefficient (Wildman–Crippen LogP) is 1.51. The first-order valence-corrected chi connectivity index (χ1v) is 7.37. The largest absolute Gasteiger partial charge is 0.378 e. The number of carbonyl (C=O) groups excluding carboxylic acids is 2. The number of rotatable bonds is 5. The number of benzene rings is 2. The fourth-order valence-electron chi connectivity index (χ4n) is 2.06. The maximum atomic E-state index is 12.2. The standard InChI is InChI=1S/C18H20N4O2/c1-22(2)15-10-8-13(9-11-15)12-16(18(24)21-19)20-17(23)14-6-4-3-5-7-14/h3-12H,19H2,1-2H3,(H,20,23)(H,21,24)/b16-12+. The van der Waals surface area contributed by atoms with Crippen LogP contribution in [0.1, 0.15) is 15.9 Å². The molecule has 0 saturated carbocycles. The monoisotopic (exact) mass is 324 g/mol. The highest BCUT2D eigenvalue weighted by Gasteiger charge is 2.13. The molecule has 6 nitrogen and oxygen atoms in total. The Morgan fingerprint density at radius 3 is 2.17 bits per heavy atom. The minimum atomic E-state index is -0.573. The van der Waals surface area contributed by atoms with Gasteiger partial charge >= 0.3 is 0 Å². The molecule has 0 aliphatic rings. The van der Waals surface area contributed by atoms with Gasteiger partial charge in [-0.25, -0.2) is 5.84 Å². The van der Waals surface area contributed by atoms with Gasteiger partial charge in [0.15, 0.2) is 0 Å². The summed E-state index contributed by atoms with van der Waals surface area (Å²) in [6, 6.07) is 16.2. The highest BCUT2D eigenvalue weighted by molar-refractivity contribution is 6.05. The molecule has 0 atom stereocenters. The number of hydrazine groups is 1. The zero-order chi connectivity index (χ0) is 17.5. The van der Waals surface area contributed by atoms with E-state index in [-0.39, 0.29) is 11.6 Å². The van der Waals surface area contributed by atoms with Gasteiger partial charge in [-0.2, -0.15) is 0 Å². The van der Waals surface area contributed by atoms with Crippen LogP contribution < -0.4 is 21.5 Å². The summed E-state index contributed by atoms with van der Waals surface area (Å²) in [6.07, 6.45) is 1.57. The number of amides is 2. The maximum absolute atomic E-state index is 12.2. The lowest BCUT2D eigenvalue weighted by molar-refractivity contribution is -0.117. The summed E-state index contributed by atoms with van der Waals surface area (Å²) in [5.74, 6) is 4.25. The van der Waals surface area contributed by atoms with Crippen molar-refractivity contribution in [3.8, 4) is 0 Å². The molecule has 0 bridgehead atoms. The van der Waals surface area contributed by atoms with E-state index in [1.54, 1.807) is 30.3 Å². The fraction of sp³-hybridized carbons (Fsp3) is 0.111. The molecule has 0 aromatic heterocycles. The molecule has 6 heteroatoms. The molecular formula is C18H20N4O2. The molecular weight excluding hydrogens is 304 g/mol. The summed E-state index contributed by atoms with van der Waals surface area (Å²) in [7, 11) is 3.89. The van der Waals surface area contributed by atoms with Crippen molar-refractivity contribution < 1.29 is 9.59 Å². The average molecular weight is 324 g/mol. The topological polar surface area (TPSA) is 87.5 Å². The minimum absolute atomic E-state index is 0.0731. The molecule has 0 fully saturated rings. The van der Waals surface area contributed by atoms with E-state index in [0.717, 1.165) is 11.3 Å². The molecule has 0 radical (unpaired) electrons. The summed E-state index contributed by atoms with van der Waals surface area (Å²) in [6.45, 7) is 0. The third-order valence-corrected chi connectivity index (χ3v) is 3.38. The number of nitrogens with zero attached hydrogens (tertiary/aromatic N) is 1. The van der Waals surface area contributed by atoms with Gasteiger partial charge in [0.25, 0.3) is 11.8 Å². The summed E-state index contributed by atoms with van der Waals surface area (Å²) < 4.78 is 0. The number of hydrogen-bond donors (Lipinski definition) is 3. The molecule has 0 heterocycles. The number of nitrogens with two attached hydrogens (primary N) is 1. The van der Waals surface area contributed by atoms with Gasteiger partial charge in [-0.1, -0.05) is 30.3 Å². The van der Waals surface area contributed by atoms with E-state index in [1.165, 1.54) is 0 Å². The van der Waals surface area contributed by atoms with Crippen molar-refractivity contribution in [3.63, 3.8) is 0 Å². The first kappa shape index (κ1) is 17.2. The lowest BCUT2D eigenvalue weighted by atomic mass is 10.1. The second-order valence-electron chi connectivity index (χ2n) is 5.34. The third kappa shape index (κ3) is 4.44. The van der Waals surface area contributed by atoms with Crippen LogP contribution in [0.2, 0.25) is 0 Å². The lowest BCUT2D eigenvalue weighted by Crippen LogP contribution is -2.38. The maximum Gasteiger partial charge on any atom is 0.281 e. The van der Waals surface area contributed by atoms with E-state index in [4.69, 9.17) is 5.84 Å². The zero-order valence-electron chi connectivity index (χ0n) is 13.6. The Morgan fingerprint density at radius 1 is 1.00 bits per heavy atom. The molecule has 0 unspecified atom stereocenters. The second kappa shape index (κ2) is 7.94. The van der Waals surface area contributed by atoms with Crippen molar-refractivity contribution in [3.05, 3.63) is 71.4 Å². The molecule has 2 rings (SSSR count). The predicted molar refractivity (Wildman–Crippen MR) is 95.0 cm³/mol. The molecule has 2 aromatic carbocycles. The Bertz CT molecular complexity index is 737. The SMILES string of the molecule is CN(C)c1ccc(/C=C(/NC(=O)c2ccccc2)C(=O)NN)cc1. The van der Waals surface area contributed by atoms with Gasteiger partial charge < -0.3 is 10.2 Å². The molecule has 0 aliphatic carbocycles. The van der Waals surface area contributed by atoms with Gasteiger partial charge in [-0.15, -0.1) is 0 Å². The summed E-state index contributed by atoms with van der Waals surface area (Å²) in [5.41, 5.74) is 4.37. The zero-order valence-corrected chi connectivity index (χ0v) is 13.6. The highest BCUT2D eigenvalue weighted by Crippen LogP contribution is 2.14. The van der Waals surface area contributed by atoms with Crippen molar-refractivity contribution in [1.82, 2.24) is 10.7 Å². The Hall–Kier alpha value is -3.12. The Balaban J connectivity index is 2.24. The van der Waals surface area contributed by atoms with E-state index in [9.17, 15) is 9.59 Å². The molecule has 4 N–H and O–H groups in total. The van der Waals surface area contributed by atoms with Crippen LogP contribution in [0, 0.1) is 0 Å². The first-order valence-electron chi connectivity index (χ1n) is 7.37. The van der Waals surface area contributed by atoms with Gasteiger partial charge in [0.05, 0.1) is 0 Å². The van der Waals surface area contributed by atoms with Gasteiger partial charge in [-0.05, 0) is 35.9 Å². The molecule has 2 amide bonds. The minimum Gasteiger partial charge on any atom is -0.378 e. The summed E-state index contributed by atoms with van der Waals surface area (Å²) in [4.78, 5) is 26.1. The van der Waals surface area contributed by atoms with Crippen molar-refractivity contribution >= 4 is 23.6 Å².